The zero-order valence-electron chi connectivity index (χ0n) is 8.69. The summed E-state index contributed by atoms with van der Waals surface area (Å²) in [6, 6.07) is 9.71. The Morgan fingerprint density at radius 2 is 1.93 bits per heavy atom. The number of hydrogen-bond donors (Lipinski definition) is 0. The minimum atomic E-state index is -0.122. The summed E-state index contributed by atoms with van der Waals surface area (Å²) in [6.45, 7) is 1.87. The molecule has 0 aliphatic heterocycles. The van der Waals surface area contributed by atoms with Crippen molar-refractivity contribution in [3.63, 3.8) is 0 Å². The molecule has 1 aromatic carbocycles. The molecule has 0 bridgehead atoms. The second-order valence-electron chi connectivity index (χ2n) is 3.11. The molecule has 0 aromatic heterocycles. The molecule has 1 rings (SSSR count). The molecule has 0 spiro atoms. The molecule has 1 aromatic rings. The lowest BCUT2D eigenvalue weighted by Crippen LogP contribution is -2.26. The molecule has 1 unspecified atom stereocenters. The van der Waals surface area contributed by atoms with E-state index in [9.17, 15) is 0 Å². The van der Waals surface area contributed by atoms with E-state index in [4.69, 9.17) is 10.00 Å². The molecule has 0 N–H and O–H groups in total. The zero-order chi connectivity index (χ0) is 10.6. The molecule has 0 aliphatic carbocycles. The Balaban J connectivity index is 2.82. The average Bonchev–Trinajstić information content (AvgIpc) is 2.27. The van der Waals surface area contributed by atoms with Crippen LogP contribution >= 0.6 is 0 Å². The van der Waals surface area contributed by atoms with Gasteiger partial charge in [0.1, 0.15) is 11.8 Å². The normalized spacial score (nSPS) is 11.6. The van der Waals surface area contributed by atoms with Crippen molar-refractivity contribution in [2.75, 3.05) is 19.1 Å². The molecule has 3 heteroatoms. The molecule has 0 aliphatic rings. The van der Waals surface area contributed by atoms with Crippen molar-refractivity contribution in [2.45, 2.75) is 13.0 Å². The first-order valence-corrected chi connectivity index (χ1v) is 4.45. The Morgan fingerprint density at radius 1 is 1.36 bits per heavy atom. The largest absolute Gasteiger partial charge is 0.497 e. The Morgan fingerprint density at radius 3 is 2.36 bits per heavy atom. The highest BCUT2D eigenvalue weighted by atomic mass is 16.5. The van der Waals surface area contributed by atoms with Crippen LogP contribution in [-0.2, 0) is 0 Å². The quantitative estimate of drug-likeness (QED) is 0.731. The molecule has 0 saturated heterocycles. The topological polar surface area (TPSA) is 36.3 Å². The molecular formula is C11H14N2O. The molecule has 0 fully saturated rings. The minimum absolute atomic E-state index is 0.122. The second-order valence-corrected chi connectivity index (χ2v) is 3.11. The van der Waals surface area contributed by atoms with Crippen molar-refractivity contribution in [1.82, 2.24) is 0 Å². The lowest BCUT2D eigenvalue weighted by atomic mass is 10.2. The fourth-order valence-corrected chi connectivity index (χ4v) is 1.13. The highest BCUT2D eigenvalue weighted by Crippen LogP contribution is 2.19. The molecule has 1 atom stereocenters. The van der Waals surface area contributed by atoms with E-state index in [1.54, 1.807) is 7.11 Å². The van der Waals surface area contributed by atoms with E-state index in [0.717, 1.165) is 11.4 Å². The van der Waals surface area contributed by atoms with Gasteiger partial charge in [-0.1, -0.05) is 0 Å². The van der Waals surface area contributed by atoms with Crippen molar-refractivity contribution in [1.29, 1.82) is 5.26 Å². The molecule has 74 valence electrons. The van der Waals surface area contributed by atoms with Crippen molar-refractivity contribution in [3.05, 3.63) is 24.3 Å². The summed E-state index contributed by atoms with van der Waals surface area (Å²) in [7, 11) is 3.53. The Labute approximate surface area is 84.5 Å². The lowest BCUT2D eigenvalue weighted by molar-refractivity contribution is 0.415. The van der Waals surface area contributed by atoms with Gasteiger partial charge < -0.3 is 9.64 Å². The van der Waals surface area contributed by atoms with Crippen LogP contribution < -0.4 is 9.64 Å². The van der Waals surface area contributed by atoms with Gasteiger partial charge in [-0.15, -0.1) is 0 Å². The molecule has 3 nitrogen and oxygen atoms in total. The lowest BCUT2D eigenvalue weighted by Gasteiger charge is -2.21. The Hall–Kier alpha value is -1.69. The fraction of sp³-hybridized carbons (Fsp3) is 0.364. The van der Waals surface area contributed by atoms with Gasteiger partial charge in [-0.3, -0.25) is 0 Å². The molecule has 0 saturated carbocycles. The van der Waals surface area contributed by atoms with Crippen molar-refractivity contribution in [3.8, 4) is 11.8 Å². The smallest absolute Gasteiger partial charge is 0.119 e. The monoisotopic (exact) mass is 190 g/mol. The minimum Gasteiger partial charge on any atom is -0.497 e. The van der Waals surface area contributed by atoms with Gasteiger partial charge in [0, 0.05) is 12.7 Å². The Kier molecular flexibility index (Phi) is 3.35. The number of anilines is 1. The van der Waals surface area contributed by atoms with Crippen LogP contribution in [-0.4, -0.2) is 20.2 Å². The highest BCUT2D eigenvalue weighted by molar-refractivity contribution is 5.50. The third kappa shape index (κ3) is 2.17. The van der Waals surface area contributed by atoms with Gasteiger partial charge in [-0.2, -0.15) is 5.26 Å². The van der Waals surface area contributed by atoms with Gasteiger partial charge in [-0.05, 0) is 31.2 Å². The second kappa shape index (κ2) is 4.52. The summed E-state index contributed by atoms with van der Waals surface area (Å²) in [4.78, 5) is 1.92. The van der Waals surface area contributed by atoms with Crippen molar-refractivity contribution in [2.24, 2.45) is 0 Å². The third-order valence-electron chi connectivity index (χ3n) is 2.25. The first-order chi connectivity index (χ1) is 6.69. The van der Waals surface area contributed by atoms with Crippen LogP contribution in [0.15, 0.2) is 24.3 Å². The SMILES string of the molecule is COc1ccc(N(C)C(C)C#N)cc1. The van der Waals surface area contributed by atoms with Crippen LogP contribution in [0.4, 0.5) is 5.69 Å². The van der Waals surface area contributed by atoms with Crippen LogP contribution in [0.3, 0.4) is 0 Å². The van der Waals surface area contributed by atoms with E-state index in [-0.39, 0.29) is 6.04 Å². The number of hydrogen-bond acceptors (Lipinski definition) is 3. The summed E-state index contributed by atoms with van der Waals surface area (Å²) < 4.78 is 5.05. The van der Waals surface area contributed by atoms with Gasteiger partial charge in [0.2, 0.25) is 0 Å². The number of ether oxygens (including phenoxy) is 1. The highest BCUT2D eigenvalue weighted by Gasteiger charge is 2.07. The van der Waals surface area contributed by atoms with Crippen LogP contribution in [0, 0.1) is 11.3 Å². The van der Waals surface area contributed by atoms with Crippen LogP contribution in [0.25, 0.3) is 0 Å². The molecule has 14 heavy (non-hydrogen) atoms. The van der Waals surface area contributed by atoms with E-state index in [2.05, 4.69) is 6.07 Å². The van der Waals surface area contributed by atoms with E-state index in [1.165, 1.54) is 0 Å². The van der Waals surface area contributed by atoms with Crippen molar-refractivity contribution < 1.29 is 4.74 Å². The maximum absolute atomic E-state index is 8.75. The summed E-state index contributed by atoms with van der Waals surface area (Å²) >= 11 is 0. The van der Waals surface area contributed by atoms with Gasteiger partial charge in [0.25, 0.3) is 0 Å². The van der Waals surface area contributed by atoms with Gasteiger partial charge in [-0.25, -0.2) is 0 Å². The van der Waals surface area contributed by atoms with Crippen molar-refractivity contribution >= 4 is 5.69 Å². The standard InChI is InChI=1S/C11H14N2O/c1-9(8-12)13(2)10-4-6-11(14-3)7-5-10/h4-7,9H,1-3H3. The first kappa shape index (κ1) is 10.4. The van der Waals surface area contributed by atoms with Crippen LogP contribution in [0.1, 0.15) is 6.92 Å². The number of nitrogens with zero attached hydrogens (tertiary/aromatic N) is 2. The summed E-state index contributed by atoms with van der Waals surface area (Å²) in [5, 5.41) is 8.75. The predicted octanol–water partition coefficient (Wildman–Crippen LogP) is 2.04. The fourth-order valence-electron chi connectivity index (χ4n) is 1.13. The maximum Gasteiger partial charge on any atom is 0.119 e. The third-order valence-corrected chi connectivity index (χ3v) is 2.25. The summed E-state index contributed by atoms with van der Waals surface area (Å²) in [6.07, 6.45) is 0. The number of nitriles is 1. The summed E-state index contributed by atoms with van der Waals surface area (Å²) in [5.41, 5.74) is 1.01. The first-order valence-electron chi connectivity index (χ1n) is 4.45. The zero-order valence-corrected chi connectivity index (χ0v) is 8.69. The number of rotatable bonds is 3. The molecule has 0 heterocycles. The number of methoxy groups -OCH3 is 1. The molecule has 0 amide bonds. The number of benzene rings is 1. The molecule has 0 radical (unpaired) electrons. The van der Waals surface area contributed by atoms with E-state index >= 15 is 0 Å². The van der Waals surface area contributed by atoms with Gasteiger partial charge in [0.15, 0.2) is 0 Å². The van der Waals surface area contributed by atoms with E-state index in [1.807, 2.05) is 43.1 Å². The van der Waals surface area contributed by atoms with Crippen LogP contribution in [0.5, 0.6) is 5.75 Å². The van der Waals surface area contributed by atoms with Gasteiger partial charge >= 0.3 is 0 Å². The molecular weight excluding hydrogens is 176 g/mol. The summed E-state index contributed by atoms with van der Waals surface area (Å²) in [5.74, 6) is 0.826. The maximum atomic E-state index is 8.75. The Bertz CT molecular complexity index is 326. The van der Waals surface area contributed by atoms with E-state index < -0.39 is 0 Å². The van der Waals surface area contributed by atoms with Gasteiger partial charge in [0.05, 0.1) is 13.2 Å². The van der Waals surface area contributed by atoms with Crippen LogP contribution in [0.2, 0.25) is 0 Å². The average molecular weight is 190 g/mol. The predicted molar refractivity (Wildman–Crippen MR) is 56.5 cm³/mol. The van der Waals surface area contributed by atoms with E-state index in [0.29, 0.717) is 0 Å².